The highest BCUT2D eigenvalue weighted by atomic mass is 35.5. The summed E-state index contributed by atoms with van der Waals surface area (Å²) in [6.07, 6.45) is 5.05. The van der Waals surface area contributed by atoms with E-state index in [9.17, 15) is 0 Å². The van der Waals surface area contributed by atoms with E-state index in [2.05, 4.69) is 76.7 Å². The van der Waals surface area contributed by atoms with Gasteiger partial charge < -0.3 is 10.5 Å². The van der Waals surface area contributed by atoms with Crippen LogP contribution < -0.4 is 5.73 Å². The van der Waals surface area contributed by atoms with Crippen molar-refractivity contribution in [2.45, 2.75) is 30.8 Å². The molecule has 1 aliphatic heterocycles. The highest BCUT2D eigenvalue weighted by Gasteiger charge is 2.34. The van der Waals surface area contributed by atoms with E-state index < -0.39 is 0 Å². The molecule has 212 valence electrons. The lowest BCUT2D eigenvalue weighted by atomic mass is 9.72. The van der Waals surface area contributed by atoms with E-state index in [-0.39, 0.29) is 36.4 Å². The lowest BCUT2D eigenvalue weighted by Crippen LogP contribution is -2.43. The molecule has 1 atom stereocenters. The Morgan fingerprint density at radius 3 is 2.44 bits per heavy atom. The average Bonchev–Trinajstić information content (AvgIpc) is 3.45. The van der Waals surface area contributed by atoms with Gasteiger partial charge in [0.1, 0.15) is 11.5 Å². The highest BCUT2D eigenvalue weighted by molar-refractivity contribution is 5.97. The molecule has 0 amide bonds. The predicted octanol–water partition coefficient (Wildman–Crippen LogP) is 5.93. The molecule has 3 N–H and O–H groups in total. The second-order valence-corrected chi connectivity index (χ2v) is 10.7. The maximum absolute atomic E-state index is 6.59. The summed E-state index contributed by atoms with van der Waals surface area (Å²) < 4.78 is 5.69. The number of benzene rings is 2. The number of nitrogens with two attached hydrogens (primary N) is 1. The van der Waals surface area contributed by atoms with Gasteiger partial charge in [0.05, 0.1) is 30.5 Å². The smallest absolute Gasteiger partial charge is 0.200 e. The van der Waals surface area contributed by atoms with Crippen LogP contribution in [0.25, 0.3) is 44.8 Å². The lowest BCUT2D eigenvalue weighted by Gasteiger charge is -2.38. The molecule has 4 heterocycles. The van der Waals surface area contributed by atoms with Crippen molar-refractivity contribution in [1.82, 2.24) is 30.0 Å². The number of likely N-dealkylation sites (N-methyl/N-ethyl adjacent to an activating group) is 1. The van der Waals surface area contributed by atoms with Gasteiger partial charge in [-0.1, -0.05) is 54.6 Å². The molecule has 1 saturated carbocycles. The van der Waals surface area contributed by atoms with Crippen molar-refractivity contribution in [3.63, 3.8) is 0 Å². The number of rotatable bonds is 5. The fraction of sp³-hybridized carbons (Fsp3) is 0.290. The zero-order chi connectivity index (χ0) is 26.4. The van der Waals surface area contributed by atoms with Crippen LogP contribution >= 0.6 is 24.8 Å². The zero-order valence-electron chi connectivity index (χ0n) is 22.8. The maximum Gasteiger partial charge on any atom is 0.200 e. The summed E-state index contributed by atoms with van der Waals surface area (Å²) in [7, 11) is 2.08. The van der Waals surface area contributed by atoms with E-state index in [4.69, 9.17) is 25.4 Å². The van der Waals surface area contributed by atoms with Gasteiger partial charge >= 0.3 is 0 Å². The molecule has 1 saturated heterocycles. The fourth-order valence-corrected chi connectivity index (χ4v) is 5.64. The van der Waals surface area contributed by atoms with Crippen molar-refractivity contribution >= 4 is 35.7 Å². The van der Waals surface area contributed by atoms with Crippen molar-refractivity contribution in [1.29, 1.82) is 0 Å². The Kier molecular flexibility index (Phi) is 8.40. The zero-order valence-corrected chi connectivity index (χ0v) is 24.4. The van der Waals surface area contributed by atoms with Crippen molar-refractivity contribution < 1.29 is 4.74 Å². The van der Waals surface area contributed by atoms with E-state index in [1.807, 2.05) is 12.1 Å². The van der Waals surface area contributed by atoms with Crippen molar-refractivity contribution in [2.75, 3.05) is 26.8 Å². The van der Waals surface area contributed by atoms with Gasteiger partial charge in [-0.05, 0) is 49.6 Å². The number of nitrogens with one attached hydrogen (secondary N) is 1. The van der Waals surface area contributed by atoms with Crippen LogP contribution in [-0.2, 0) is 10.3 Å². The first-order chi connectivity index (χ1) is 19.1. The van der Waals surface area contributed by atoms with Crippen LogP contribution in [0.2, 0.25) is 0 Å². The molecule has 0 spiro atoms. The average molecular weight is 591 g/mol. The number of morpholine rings is 1. The number of hydrogen-bond acceptors (Lipinski definition) is 7. The van der Waals surface area contributed by atoms with E-state index in [0.29, 0.717) is 18.1 Å². The van der Waals surface area contributed by atoms with Crippen LogP contribution in [0.3, 0.4) is 0 Å². The van der Waals surface area contributed by atoms with Crippen LogP contribution in [0.4, 0.5) is 0 Å². The minimum atomic E-state index is -0.188. The molecule has 2 aliphatic rings. The Labute approximate surface area is 251 Å². The predicted molar refractivity (Wildman–Crippen MR) is 166 cm³/mol. The molecule has 0 bridgehead atoms. The van der Waals surface area contributed by atoms with Crippen LogP contribution in [0, 0.1) is 0 Å². The van der Waals surface area contributed by atoms with E-state index in [1.165, 1.54) is 12.0 Å². The van der Waals surface area contributed by atoms with Crippen molar-refractivity contribution in [2.24, 2.45) is 5.73 Å². The Balaban J connectivity index is 0.00000169. The molecule has 5 aromatic rings. The number of halogens is 2. The first kappa shape index (κ1) is 29.1. The number of fused-ring (bicyclic) bond motifs is 1. The number of ether oxygens (including phenoxy) is 1. The quantitative estimate of drug-likeness (QED) is 0.261. The van der Waals surface area contributed by atoms with Gasteiger partial charge in [-0.3, -0.25) is 15.0 Å². The summed E-state index contributed by atoms with van der Waals surface area (Å²) in [5.41, 5.74) is 13.3. The maximum atomic E-state index is 6.59. The largest absolute Gasteiger partial charge is 0.378 e. The van der Waals surface area contributed by atoms with Crippen molar-refractivity contribution in [3.05, 3.63) is 84.3 Å². The summed E-state index contributed by atoms with van der Waals surface area (Å²) in [4.78, 5) is 17.0. The topological polar surface area (TPSA) is 106 Å². The second kappa shape index (κ2) is 11.8. The first-order valence-electron chi connectivity index (χ1n) is 13.5. The first-order valence-corrected chi connectivity index (χ1v) is 13.5. The molecule has 3 aromatic heterocycles. The van der Waals surface area contributed by atoms with Crippen molar-refractivity contribution in [3.8, 4) is 33.9 Å². The standard InChI is InChI=1S/C31H31N7O.2ClH/c1-38-16-17-39-19-26(38)29-35-30(37-36-29)28-24-18-23(20-6-3-2-4-7-20)27(34-25(24)12-15-33-28)21-8-10-22(11-9-21)31(32)13-5-14-31;;/h2-4,6-12,15,18,26H,5,13-14,16-17,19,32H2,1H3,(H,35,36,37);2*1H. The fourth-order valence-electron chi connectivity index (χ4n) is 5.64. The van der Waals surface area contributed by atoms with E-state index >= 15 is 0 Å². The summed E-state index contributed by atoms with van der Waals surface area (Å²) in [5.74, 6) is 1.34. The number of nitrogens with zero attached hydrogens (tertiary/aromatic N) is 5. The minimum Gasteiger partial charge on any atom is -0.378 e. The molecule has 2 fully saturated rings. The minimum absolute atomic E-state index is 0. The molecule has 8 nitrogen and oxygen atoms in total. The molecule has 1 aliphatic carbocycles. The highest BCUT2D eigenvalue weighted by Crippen LogP contribution is 2.40. The lowest BCUT2D eigenvalue weighted by molar-refractivity contribution is 0.00197. The Morgan fingerprint density at radius 2 is 1.73 bits per heavy atom. The van der Waals surface area contributed by atoms with Gasteiger partial charge in [0.25, 0.3) is 0 Å². The Morgan fingerprint density at radius 1 is 0.951 bits per heavy atom. The SMILES string of the molecule is CN1CCOCC1c1nc(-c2nccc3nc(-c4ccc(C5(N)CCC5)cc4)c(-c4ccccc4)cc23)n[nH]1.Cl.Cl. The van der Waals surface area contributed by atoms with Gasteiger partial charge in [-0.15, -0.1) is 24.8 Å². The third kappa shape index (κ3) is 5.34. The number of H-pyrrole nitrogens is 1. The summed E-state index contributed by atoms with van der Waals surface area (Å²) in [6.45, 7) is 2.17. The van der Waals surface area contributed by atoms with Gasteiger partial charge in [-0.25, -0.2) is 9.97 Å². The van der Waals surface area contributed by atoms with Crippen LogP contribution in [0.1, 0.15) is 36.7 Å². The summed E-state index contributed by atoms with van der Waals surface area (Å²) in [5, 5.41) is 8.59. The third-order valence-electron chi connectivity index (χ3n) is 8.23. The van der Waals surface area contributed by atoms with Gasteiger partial charge in [0, 0.05) is 34.8 Å². The molecule has 10 heteroatoms. The number of aromatic nitrogens is 5. The Bertz CT molecular complexity index is 1640. The van der Waals surface area contributed by atoms with Gasteiger partial charge in [-0.2, -0.15) is 5.10 Å². The Hall–Kier alpha value is -3.40. The number of hydrogen-bond donors (Lipinski definition) is 2. The molecular weight excluding hydrogens is 557 g/mol. The molecule has 1 unspecified atom stereocenters. The molecule has 0 radical (unpaired) electrons. The van der Waals surface area contributed by atoms with Gasteiger partial charge in [0.15, 0.2) is 0 Å². The van der Waals surface area contributed by atoms with Gasteiger partial charge in [0.2, 0.25) is 5.82 Å². The summed E-state index contributed by atoms with van der Waals surface area (Å²) >= 11 is 0. The van der Waals surface area contributed by atoms with Crippen LogP contribution in [0.15, 0.2) is 72.9 Å². The molecule has 41 heavy (non-hydrogen) atoms. The summed E-state index contributed by atoms with van der Waals surface area (Å²) in [6, 6.07) is 23.1. The van der Waals surface area contributed by atoms with Crippen LogP contribution in [0.5, 0.6) is 0 Å². The number of aromatic amines is 1. The second-order valence-electron chi connectivity index (χ2n) is 10.7. The molecular formula is C31H33Cl2N7O. The monoisotopic (exact) mass is 589 g/mol. The normalized spacial score (nSPS) is 18.2. The molecule has 2 aromatic carbocycles. The molecule has 7 rings (SSSR count). The number of pyridine rings is 2. The van der Waals surface area contributed by atoms with E-state index in [0.717, 1.165) is 65.1 Å². The van der Waals surface area contributed by atoms with Crippen LogP contribution in [-0.4, -0.2) is 56.9 Å². The van der Waals surface area contributed by atoms with E-state index in [1.54, 1.807) is 6.20 Å². The third-order valence-corrected chi connectivity index (χ3v) is 8.23.